The minimum absolute atomic E-state index is 0.248. The number of aromatic nitrogens is 2. The van der Waals surface area contributed by atoms with E-state index < -0.39 is 11.6 Å². The van der Waals surface area contributed by atoms with E-state index in [0.29, 0.717) is 5.56 Å². The topological polar surface area (TPSA) is 17.8 Å². The summed E-state index contributed by atoms with van der Waals surface area (Å²) in [6.07, 6.45) is 1.74. The van der Waals surface area contributed by atoms with Crippen molar-refractivity contribution in [2.75, 3.05) is 0 Å². The van der Waals surface area contributed by atoms with Gasteiger partial charge >= 0.3 is 0 Å². The van der Waals surface area contributed by atoms with Crippen molar-refractivity contribution in [3.63, 3.8) is 0 Å². The van der Waals surface area contributed by atoms with Gasteiger partial charge in [-0.1, -0.05) is 6.07 Å². The first kappa shape index (κ1) is 11.5. The molecule has 1 heterocycles. The number of nitrogens with zero attached hydrogens (tertiary/aromatic N) is 2. The Balaban J connectivity index is 2.37. The molecule has 1 aromatic heterocycles. The van der Waals surface area contributed by atoms with Crippen molar-refractivity contribution < 1.29 is 8.78 Å². The van der Waals surface area contributed by atoms with E-state index in [1.165, 1.54) is 0 Å². The van der Waals surface area contributed by atoms with Crippen LogP contribution in [-0.4, -0.2) is 9.78 Å². The summed E-state index contributed by atoms with van der Waals surface area (Å²) in [5, 5.41) is 4.13. The van der Waals surface area contributed by atoms with Gasteiger partial charge in [0.05, 0.1) is 6.54 Å². The molecule has 0 bridgehead atoms. The van der Waals surface area contributed by atoms with Crippen molar-refractivity contribution in [2.24, 2.45) is 0 Å². The average Bonchev–Trinajstić information content (AvgIpc) is 2.65. The van der Waals surface area contributed by atoms with Crippen molar-refractivity contribution in [1.82, 2.24) is 9.78 Å². The standard InChI is InChI=1S/C11H9F2IN2/c1-7-2-3-9(12)11(13)8(7)6-16-5-4-10(14)15-16/h2-5H,6H2,1H3. The van der Waals surface area contributed by atoms with Gasteiger partial charge in [0, 0.05) is 11.8 Å². The average molecular weight is 334 g/mol. The number of halogens is 3. The first-order chi connectivity index (χ1) is 7.58. The normalized spacial score (nSPS) is 10.8. The molecule has 0 radical (unpaired) electrons. The predicted octanol–water partition coefficient (Wildman–Crippen LogP) is 3.12. The maximum atomic E-state index is 13.5. The lowest BCUT2D eigenvalue weighted by molar-refractivity contribution is 0.490. The summed E-state index contributed by atoms with van der Waals surface area (Å²) in [5.41, 5.74) is 1.07. The van der Waals surface area contributed by atoms with Crippen molar-refractivity contribution in [2.45, 2.75) is 13.5 Å². The molecule has 0 spiro atoms. The van der Waals surface area contributed by atoms with Gasteiger partial charge in [-0.15, -0.1) is 0 Å². The molecule has 0 atom stereocenters. The van der Waals surface area contributed by atoms with Crippen LogP contribution in [0.3, 0.4) is 0 Å². The fourth-order valence-electron chi connectivity index (χ4n) is 1.47. The quantitative estimate of drug-likeness (QED) is 0.772. The Morgan fingerprint density at radius 2 is 2.06 bits per heavy atom. The Bertz CT molecular complexity index is 523. The highest BCUT2D eigenvalue weighted by atomic mass is 127. The van der Waals surface area contributed by atoms with Gasteiger partial charge in [-0.05, 0) is 47.2 Å². The van der Waals surface area contributed by atoms with Gasteiger partial charge in [0.25, 0.3) is 0 Å². The van der Waals surface area contributed by atoms with Gasteiger partial charge in [-0.2, -0.15) is 5.10 Å². The zero-order chi connectivity index (χ0) is 11.7. The third kappa shape index (κ3) is 2.23. The Hall–Kier alpha value is -0.980. The maximum absolute atomic E-state index is 13.5. The Labute approximate surface area is 105 Å². The van der Waals surface area contributed by atoms with Gasteiger partial charge in [-0.25, -0.2) is 8.78 Å². The van der Waals surface area contributed by atoms with Crippen molar-refractivity contribution in [3.05, 3.63) is 50.9 Å². The van der Waals surface area contributed by atoms with Crippen LogP contribution in [0.5, 0.6) is 0 Å². The van der Waals surface area contributed by atoms with Crippen LogP contribution in [-0.2, 0) is 6.54 Å². The number of benzene rings is 1. The fraction of sp³-hybridized carbons (Fsp3) is 0.182. The summed E-state index contributed by atoms with van der Waals surface area (Å²) in [5.74, 6) is -1.60. The molecular weight excluding hydrogens is 325 g/mol. The van der Waals surface area contributed by atoms with E-state index in [1.54, 1.807) is 23.9 Å². The molecule has 16 heavy (non-hydrogen) atoms. The van der Waals surface area contributed by atoms with Crippen LogP contribution in [0.1, 0.15) is 11.1 Å². The van der Waals surface area contributed by atoms with Crippen molar-refractivity contribution in [1.29, 1.82) is 0 Å². The maximum Gasteiger partial charge on any atom is 0.164 e. The Morgan fingerprint density at radius 1 is 1.31 bits per heavy atom. The molecule has 0 saturated carbocycles. The number of aryl methyl sites for hydroxylation is 1. The summed E-state index contributed by atoms with van der Waals surface area (Å²) >= 11 is 2.07. The molecule has 0 aliphatic rings. The van der Waals surface area contributed by atoms with E-state index in [1.807, 2.05) is 6.07 Å². The Kier molecular flexibility index (Phi) is 3.22. The summed E-state index contributed by atoms with van der Waals surface area (Å²) in [6.45, 7) is 2.00. The second-order valence-corrected chi connectivity index (χ2v) is 4.60. The highest BCUT2D eigenvalue weighted by Gasteiger charge is 2.11. The van der Waals surface area contributed by atoms with Gasteiger partial charge in [-0.3, -0.25) is 4.68 Å². The van der Waals surface area contributed by atoms with Crippen LogP contribution in [0.15, 0.2) is 24.4 Å². The lowest BCUT2D eigenvalue weighted by atomic mass is 10.1. The second-order valence-electron chi connectivity index (χ2n) is 3.49. The molecule has 0 aliphatic heterocycles. The van der Waals surface area contributed by atoms with Crippen LogP contribution >= 0.6 is 22.6 Å². The summed E-state index contributed by atoms with van der Waals surface area (Å²) in [4.78, 5) is 0. The van der Waals surface area contributed by atoms with Crippen LogP contribution in [0.2, 0.25) is 0 Å². The van der Waals surface area contributed by atoms with Gasteiger partial charge in [0.1, 0.15) is 3.70 Å². The first-order valence-electron chi connectivity index (χ1n) is 4.70. The molecular formula is C11H9F2IN2. The van der Waals surface area contributed by atoms with Crippen LogP contribution < -0.4 is 0 Å². The molecule has 2 nitrogen and oxygen atoms in total. The molecule has 5 heteroatoms. The zero-order valence-electron chi connectivity index (χ0n) is 8.54. The molecule has 2 aromatic rings. The van der Waals surface area contributed by atoms with E-state index in [9.17, 15) is 8.78 Å². The molecule has 84 valence electrons. The molecule has 0 saturated heterocycles. The minimum atomic E-state index is -0.817. The third-order valence-electron chi connectivity index (χ3n) is 2.36. The smallest absolute Gasteiger partial charge is 0.164 e. The van der Waals surface area contributed by atoms with Gasteiger partial charge in [0.15, 0.2) is 11.6 Å². The highest BCUT2D eigenvalue weighted by molar-refractivity contribution is 14.1. The lowest BCUT2D eigenvalue weighted by Gasteiger charge is -2.08. The zero-order valence-corrected chi connectivity index (χ0v) is 10.7. The molecule has 0 fully saturated rings. The molecule has 0 amide bonds. The fourth-order valence-corrected chi connectivity index (χ4v) is 1.91. The molecule has 0 N–H and O–H groups in total. The number of rotatable bonds is 2. The van der Waals surface area contributed by atoms with Crippen LogP contribution in [0, 0.1) is 22.3 Å². The molecule has 0 unspecified atom stereocenters. The van der Waals surface area contributed by atoms with E-state index in [-0.39, 0.29) is 6.54 Å². The second kappa shape index (κ2) is 4.48. The number of hydrogen-bond donors (Lipinski definition) is 0. The van der Waals surface area contributed by atoms with Crippen molar-refractivity contribution in [3.8, 4) is 0 Å². The lowest BCUT2D eigenvalue weighted by Crippen LogP contribution is -2.06. The van der Waals surface area contributed by atoms with E-state index >= 15 is 0 Å². The van der Waals surface area contributed by atoms with Gasteiger partial charge in [0.2, 0.25) is 0 Å². The van der Waals surface area contributed by atoms with E-state index in [0.717, 1.165) is 15.3 Å². The van der Waals surface area contributed by atoms with E-state index in [4.69, 9.17) is 0 Å². The first-order valence-corrected chi connectivity index (χ1v) is 5.78. The summed E-state index contributed by atoms with van der Waals surface area (Å²) < 4.78 is 29.0. The minimum Gasteiger partial charge on any atom is -0.267 e. The number of hydrogen-bond acceptors (Lipinski definition) is 1. The SMILES string of the molecule is Cc1ccc(F)c(F)c1Cn1ccc(I)n1. The van der Waals surface area contributed by atoms with Crippen LogP contribution in [0.25, 0.3) is 0 Å². The van der Waals surface area contributed by atoms with E-state index in [2.05, 4.69) is 27.7 Å². The predicted molar refractivity (Wildman–Crippen MR) is 65.1 cm³/mol. The van der Waals surface area contributed by atoms with Crippen molar-refractivity contribution >= 4 is 22.6 Å². The monoisotopic (exact) mass is 334 g/mol. The molecule has 2 rings (SSSR count). The largest absolute Gasteiger partial charge is 0.267 e. The highest BCUT2D eigenvalue weighted by Crippen LogP contribution is 2.17. The molecule has 1 aromatic carbocycles. The summed E-state index contributed by atoms with van der Waals surface area (Å²) in [6, 6.07) is 4.52. The third-order valence-corrected chi connectivity index (χ3v) is 2.93. The Morgan fingerprint density at radius 3 is 2.69 bits per heavy atom. The van der Waals surface area contributed by atoms with Crippen LogP contribution in [0.4, 0.5) is 8.78 Å². The summed E-state index contributed by atoms with van der Waals surface area (Å²) in [7, 11) is 0. The van der Waals surface area contributed by atoms with Gasteiger partial charge < -0.3 is 0 Å². The molecule has 0 aliphatic carbocycles.